The summed E-state index contributed by atoms with van der Waals surface area (Å²) in [5.41, 5.74) is 20.6. The van der Waals surface area contributed by atoms with Gasteiger partial charge in [-0.3, -0.25) is 9.13 Å². The molecule has 268 valence electrons. The van der Waals surface area contributed by atoms with Crippen LogP contribution in [-0.4, -0.2) is 25.8 Å². The van der Waals surface area contributed by atoms with Crippen LogP contribution in [0.15, 0.2) is 114 Å². The van der Waals surface area contributed by atoms with Gasteiger partial charge in [0.2, 0.25) is 0 Å². The molecule has 2 aliphatic heterocycles. The molecule has 0 aliphatic carbocycles. The second-order valence-corrected chi connectivity index (χ2v) is 17.2. The van der Waals surface area contributed by atoms with Gasteiger partial charge >= 0.3 is 0 Å². The molecule has 10 aromatic rings. The van der Waals surface area contributed by atoms with E-state index in [1.54, 1.807) is 0 Å². The third-order valence-corrected chi connectivity index (χ3v) is 12.8. The van der Waals surface area contributed by atoms with Gasteiger partial charge in [0.25, 0.3) is 6.71 Å². The normalized spacial score (nSPS) is 13.2. The molecule has 7 aromatic carbocycles. The Hall–Kier alpha value is -6.40. The van der Waals surface area contributed by atoms with Gasteiger partial charge < -0.3 is 4.42 Å². The van der Waals surface area contributed by atoms with Crippen molar-refractivity contribution in [2.75, 3.05) is 0 Å². The molecule has 0 saturated carbocycles. The maximum Gasteiger partial charge on any atom is 0.253 e. The second-order valence-electron chi connectivity index (χ2n) is 17.2. The van der Waals surface area contributed by atoms with E-state index < -0.39 is 0 Å². The van der Waals surface area contributed by atoms with Gasteiger partial charge in [-0.25, -0.2) is 9.97 Å². The third kappa shape index (κ3) is 3.96. The van der Waals surface area contributed by atoms with Crippen LogP contribution in [0.3, 0.4) is 0 Å². The molecule has 0 N–H and O–H groups in total. The molecule has 0 fully saturated rings. The Morgan fingerprint density at radius 1 is 0.571 bits per heavy atom. The lowest BCUT2D eigenvalue weighted by Gasteiger charge is -2.34. The fourth-order valence-corrected chi connectivity index (χ4v) is 10.2. The van der Waals surface area contributed by atoms with Crippen molar-refractivity contribution < 1.29 is 4.42 Å². The molecule has 0 spiro atoms. The SMILES string of the molecule is Cc1cccc(C)c1-c1nc2cc3ccccc3c3c2n1-c1cccc2c1B3c1cc3c4cc(C(C)(C)C)ccc4oc3c3nc(-c4c(C)cccc4C)n-2c13. The molecule has 0 radical (unpaired) electrons. The third-order valence-electron chi connectivity index (χ3n) is 12.8. The minimum atomic E-state index is -0.0671. The number of rotatable bonds is 2. The number of furan rings is 1. The highest BCUT2D eigenvalue weighted by molar-refractivity contribution is 7.01. The van der Waals surface area contributed by atoms with Crippen LogP contribution in [-0.2, 0) is 5.41 Å². The van der Waals surface area contributed by atoms with Crippen LogP contribution in [0.2, 0.25) is 0 Å². The summed E-state index contributed by atoms with van der Waals surface area (Å²) in [5.74, 6) is 1.93. The van der Waals surface area contributed by atoms with E-state index in [1.165, 1.54) is 71.7 Å². The lowest BCUT2D eigenvalue weighted by molar-refractivity contribution is 0.590. The van der Waals surface area contributed by atoms with Crippen LogP contribution in [0, 0.1) is 27.7 Å². The van der Waals surface area contributed by atoms with E-state index >= 15 is 0 Å². The van der Waals surface area contributed by atoms with Gasteiger partial charge in [-0.1, -0.05) is 99.6 Å². The minimum absolute atomic E-state index is 0.00931. The number of nitrogens with zero attached hydrogens (tertiary/aromatic N) is 4. The summed E-state index contributed by atoms with van der Waals surface area (Å²) < 4.78 is 11.8. The number of benzene rings is 7. The Morgan fingerprint density at radius 3 is 1.88 bits per heavy atom. The van der Waals surface area contributed by atoms with Gasteiger partial charge in [-0.15, -0.1) is 0 Å². The van der Waals surface area contributed by atoms with Crippen molar-refractivity contribution in [1.82, 2.24) is 19.1 Å². The monoisotopic (exact) mass is 722 g/mol. The molecule has 56 heavy (non-hydrogen) atoms. The van der Waals surface area contributed by atoms with Crippen LogP contribution in [0.25, 0.3) is 88.9 Å². The largest absolute Gasteiger partial charge is 0.454 e. The molecular weight excluding hydrogens is 683 g/mol. The first kappa shape index (κ1) is 31.9. The minimum Gasteiger partial charge on any atom is -0.454 e. The zero-order valence-corrected chi connectivity index (χ0v) is 32.7. The average molecular weight is 723 g/mol. The van der Waals surface area contributed by atoms with E-state index in [4.69, 9.17) is 14.4 Å². The quantitative estimate of drug-likeness (QED) is 0.167. The second kappa shape index (κ2) is 10.7. The van der Waals surface area contributed by atoms with Crippen LogP contribution < -0.4 is 16.4 Å². The van der Waals surface area contributed by atoms with Crippen molar-refractivity contribution in [2.45, 2.75) is 53.9 Å². The predicted octanol–water partition coefficient (Wildman–Crippen LogP) is 10.4. The number of fused-ring (bicyclic) bond motifs is 10. The molecule has 3 aromatic heterocycles. The molecule has 0 atom stereocenters. The first-order valence-corrected chi connectivity index (χ1v) is 19.7. The Balaban J connectivity index is 1.31. The Labute approximate surface area is 325 Å². The van der Waals surface area contributed by atoms with Crippen molar-refractivity contribution in [3.05, 3.63) is 137 Å². The number of hydrogen-bond acceptors (Lipinski definition) is 3. The van der Waals surface area contributed by atoms with Crippen molar-refractivity contribution in [3.8, 4) is 34.2 Å². The van der Waals surface area contributed by atoms with E-state index in [-0.39, 0.29) is 12.1 Å². The molecule has 12 rings (SSSR count). The molecule has 6 heteroatoms. The van der Waals surface area contributed by atoms with E-state index in [2.05, 4.69) is 167 Å². The summed E-state index contributed by atoms with van der Waals surface area (Å²) in [6.45, 7) is 15.6. The van der Waals surface area contributed by atoms with Crippen LogP contribution in [0.4, 0.5) is 0 Å². The highest BCUT2D eigenvalue weighted by Crippen LogP contribution is 2.43. The standard InChI is InChI=1S/C50H39BN4O/c1-26-13-10-14-27(2)40(26)48-52-36-23-30-17-8-9-18-32(30)42-46(36)55(48)38-20-12-19-37-43(38)51(42)35-25-34-33-24-31(50(5,6)7)21-22-39(33)56-47(34)44-45(35)54(37)49(53-44)41-28(3)15-11-16-29(41)4/h8-25H,1-7H3. The fraction of sp³-hybridized carbons (Fsp3) is 0.160. The fourth-order valence-electron chi connectivity index (χ4n) is 10.2. The summed E-state index contributed by atoms with van der Waals surface area (Å²) in [4.78, 5) is 11.2. The van der Waals surface area contributed by atoms with Crippen LogP contribution in [0.5, 0.6) is 0 Å². The first-order chi connectivity index (χ1) is 27.1. The highest BCUT2D eigenvalue weighted by Gasteiger charge is 2.43. The number of hydrogen-bond donors (Lipinski definition) is 0. The summed E-state index contributed by atoms with van der Waals surface area (Å²) in [7, 11) is 0. The Morgan fingerprint density at radius 2 is 1.20 bits per heavy atom. The molecule has 0 unspecified atom stereocenters. The first-order valence-electron chi connectivity index (χ1n) is 19.7. The molecule has 0 saturated heterocycles. The predicted molar refractivity (Wildman–Crippen MR) is 234 cm³/mol. The lowest BCUT2D eigenvalue weighted by Crippen LogP contribution is -2.59. The van der Waals surface area contributed by atoms with Crippen molar-refractivity contribution in [3.63, 3.8) is 0 Å². The van der Waals surface area contributed by atoms with E-state index in [0.29, 0.717) is 0 Å². The number of imidazole rings is 2. The zero-order valence-electron chi connectivity index (χ0n) is 32.7. The Bertz CT molecular complexity index is 3370. The molecular formula is C50H39BN4O. The van der Waals surface area contributed by atoms with Gasteiger partial charge in [0.1, 0.15) is 22.7 Å². The number of aromatic nitrogens is 4. The lowest BCUT2D eigenvalue weighted by atomic mass is 9.33. The number of aryl methyl sites for hydroxylation is 4. The smallest absolute Gasteiger partial charge is 0.253 e. The molecule has 5 heterocycles. The van der Waals surface area contributed by atoms with Crippen molar-refractivity contribution in [1.29, 1.82) is 0 Å². The van der Waals surface area contributed by atoms with E-state index in [9.17, 15) is 0 Å². The highest BCUT2D eigenvalue weighted by atomic mass is 16.3. The summed E-state index contributed by atoms with van der Waals surface area (Å²) in [6.07, 6.45) is 0. The topological polar surface area (TPSA) is 48.8 Å². The maximum atomic E-state index is 6.89. The van der Waals surface area contributed by atoms with Crippen molar-refractivity contribution in [2.24, 2.45) is 0 Å². The molecule has 2 aliphatic rings. The molecule has 0 amide bonds. The Kier molecular flexibility index (Phi) is 6.08. The van der Waals surface area contributed by atoms with Gasteiger partial charge in [0.05, 0.1) is 16.6 Å². The maximum absolute atomic E-state index is 6.89. The van der Waals surface area contributed by atoms with Gasteiger partial charge in [0.15, 0.2) is 5.58 Å². The van der Waals surface area contributed by atoms with Gasteiger partial charge in [0, 0.05) is 33.3 Å². The van der Waals surface area contributed by atoms with Gasteiger partial charge in [-0.05, 0) is 118 Å². The summed E-state index contributed by atoms with van der Waals surface area (Å²) >= 11 is 0. The van der Waals surface area contributed by atoms with E-state index in [0.717, 1.165) is 61.4 Å². The van der Waals surface area contributed by atoms with Crippen molar-refractivity contribution >= 4 is 77.9 Å². The van der Waals surface area contributed by atoms with Gasteiger partial charge in [-0.2, -0.15) is 0 Å². The van der Waals surface area contributed by atoms with Crippen LogP contribution >= 0.6 is 0 Å². The summed E-state index contributed by atoms with van der Waals surface area (Å²) in [5, 5.41) is 4.70. The zero-order chi connectivity index (χ0) is 37.9. The summed E-state index contributed by atoms with van der Waals surface area (Å²) in [6, 6.07) is 40.3. The van der Waals surface area contributed by atoms with E-state index in [1.807, 2.05) is 0 Å². The molecule has 0 bridgehead atoms. The van der Waals surface area contributed by atoms with Crippen LogP contribution in [0.1, 0.15) is 48.6 Å². The average Bonchev–Trinajstić information content (AvgIpc) is 3.86. The molecule has 5 nitrogen and oxygen atoms in total.